The predicted octanol–water partition coefficient (Wildman–Crippen LogP) is 3.03. The van der Waals surface area contributed by atoms with Gasteiger partial charge < -0.3 is 33.7 Å². The summed E-state index contributed by atoms with van der Waals surface area (Å²) in [6.07, 6.45) is 0. The van der Waals surface area contributed by atoms with Crippen molar-refractivity contribution in [2.24, 2.45) is 0 Å². The largest absolute Gasteiger partial charge is 0.496 e. The van der Waals surface area contributed by atoms with Crippen molar-refractivity contribution in [2.45, 2.75) is 13.1 Å². The van der Waals surface area contributed by atoms with E-state index in [1.54, 1.807) is 42.7 Å². The fourth-order valence-electron chi connectivity index (χ4n) is 2.81. The van der Waals surface area contributed by atoms with E-state index in [1.165, 1.54) is 0 Å². The summed E-state index contributed by atoms with van der Waals surface area (Å²) in [4.78, 5) is 0. The molecule has 0 heterocycles. The Morgan fingerprint density at radius 1 is 0.556 bits per heavy atom. The molecule has 0 radical (unpaired) electrons. The summed E-state index contributed by atoms with van der Waals surface area (Å²) in [5, 5.41) is 3.39. The summed E-state index contributed by atoms with van der Waals surface area (Å²) >= 11 is 0. The van der Waals surface area contributed by atoms with Gasteiger partial charge in [0.05, 0.1) is 42.7 Å². The maximum absolute atomic E-state index is 5.46. The molecular weight excluding hydrogens is 350 g/mol. The molecule has 0 aromatic heterocycles. The van der Waals surface area contributed by atoms with Crippen molar-refractivity contribution in [3.63, 3.8) is 0 Å². The molecule has 0 bridgehead atoms. The Balaban J connectivity index is 2.16. The molecule has 2 aromatic rings. The van der Waals surface area contributed by atoms with E-state index >= 15 is 0 Å². The lowest BCUT2D eigenvalue weighted by atomic mass is 10.1. The molecule has 0 unspecified atom stereocenters. The highest BCUT2D eigenvalue weighted by atomic mass is 16.5. The average molecular weight is 377 g/mol. The minimum atomic E-state index is 0.574. The Hall–Kier alpha value is -2.80. The Morgan fingerprint density at radius 2 is 1.07 bits per heavy atom. The Labute approximate surface area is 160 Å². The Bertz CT molecular complexity index is 737. The monoisotopic (exact) mass is 377 g/mol. The fraction of sp³-hybridized carbons (Fsp3) is 0.400. The zero-order valence-electron chi connectivity index (χ0n) is 16.7. The molecule has 148 valence electrons. The van der Waals surface area contributed by atoms with Crippen LogP contribution in [0, 0.1) is 0 Å². The highest BCUT2D eigenvalue weighted by molar-refractivity contribution is 5.54. The second kappa shape index (κ2) is 9.78. The van der Waals surface area contributed by atoms with E-state index in [2.05, 4.69) is 5.32 Å². The first-order chi connectivity index (χ1) is 13.1. The van der Waals surface area contributed by atoms with Gasteiger partial charge in [0, 0.05) is 24.7 Å². The van der Waals surface area contributed by atoms with Crippen molar-refractivity contribution >= 4 is 0 Å². The molecule has 1 N–H and O–H groups in total. The van der Waals surface area contributed by atoms with Crippen LogP contribution in [0.3, 0.4) is 0 Å². The number of ether oxygens (including phenoxy) is 6. The van der Waals surface area contributed by atoms with Crippen LogP contribution in [0.5, 0.6) is 34.5 Å². The van der Waals surface area contributed by atoms with E-state index in [4.69, 9.17) is 28.4 Å². The molecule has 7 heteroatoms. The molecule has 0 fully saturated rings. The van der Waals surface area contributed by atoms with Gasteiger partial charge in [0.2, 0.25) is 5.75 Å². The van der Waals surface area contributed by atoms with Crippen LogP contribution in [0.15, 0.2) is 24.3 Å². The molecule has 0 aliphatic rings. The maximum Gasteiger partial charge on any atom is 0.203 e. The smallest absolute Gasteiger partial charge is 0.203 e. The highest BCUT2D eigenvalue weighted by Gasteiger charge is 2.14. The normalized spacial score (nSPS) is 10.3. The minimum absolute atomic E-state index is 0.574. The molecule has 0 aliphatic carbocycles. The zero-order valence-corrected chi connectivity index (χ0v) is 16.7. The third-order valence-electron chi connectivity index (χ3n) is 4.16. The first-order valence-corrected chi connectivity index (χ1v) is 8.40. The van der Waals surface area contributed by atoms with Crippen LogP contribution in [0.4, 0.5) is 0 Å². The van der Waals surface area contributed by atoms with Crippen LogP contribution in [0.2, 0.25) is 0 Å². The van der Waals surface area contributed by atoms with Crippen LogP contribution in [0.1, 0.15) is 11.1 Å². The topological polar surface area (TPSA) is 67.4 Å². The van der Waals surface area contributed by atoms with Gasteiger partial charge in [0.1, 0.15) is 5.75 Å². The summed E-state index contributed by atoms with van der Waals surface area (Å²) < 4.78 is 32.3. The van der Waals surface area contributed by atoms with E-state index in [0.717, 1.165) is 16.9 Å². The SMILES string of the molecule is COc1cc(OC)c(OC)cc1CNCc1cc(OC)c(OC)c(OC)c1. The lowest BCUT2D eigenvalue weighted by Gasteiger charge is -2.16. The molecule has 0 spiro atoms. The zero-order chi connectivity index (χ0) is 19.8. The van der Waals surface area contributed by atoms with Crippen molar-refractivity contribution in [1.82, 2.24) is 5.32 Å². The lowest BCUT2D eigenvalue weighted by molar-refractivity contribution is 0.323. The number of hydrogen-bond donors (Lipinski definition) is 1. The van der Waals surface area contributed by atoms with Crippen LogP contribution in [-0.4, -0.2) is 42.7 Å². The molecule has 0 saturated carbocycles. The van der Waals surface area contributed by atoms with Crippen molar-refractivity contribution in [2.75, 3.05) is 42.7 Å². The van der Waals surface area contributed by atoms with Crippen LogP contribution < -0.4 is 33.7 Å². The molecule has 0 saturated heterocycles. The molecule has 2 aromatic carbocycles. The first-order valence-electron chi connectivity index (χ1n) is 8.40. The molecule has 0 aliphatic heterocycles. The number of nitrogens with one attached hydrogen (secondary N) is 1. The quantitative estimate of drug-likeness (QED) is 0.683. The van der Waals surface area contributed by atoms with Gasteiger partial charge >= 0.3 is 0 Å². The molecule has 27 heavy (non-hydrogen) atoms. The third kappa shape index (κ3) is 4.68. The van der Waals surface area contributed by atoms with E-state index in [0.29, 0.717) is 41.8 Å². The summed E-state index contributed by atoms with van der Waals surface area (Å²) in [6, 6.07) is 7.55. The number of rotatable bonds is 10. The summed E-state index contributed by atoms with van der Waals surface area (Å²) in [5.41, 5.74) is 1.96. The first kappa shape index (κ1) is 20.5. The van der Waals surface area contributed by atoms with Crippen LogP contribution in [0.25, 0.3) is 0 Å². The Kier molecular flexibility index (Phi) is 7.43. The number of methoxy groups -OCH3 is 6. The van der Waals surface area contributed by atoms with Crippen molar-refractivity contribution in [3.8, 4) is 34.5 Å². The van der Waals surface area contributed by atoms with E-state index in [9.17, 15) is 0 Å². The number of benzene rings is 2. The molecular formula is C20H27NO6. The van der Waals surface area contributed by atoms with Gasteiger partial charge in [-0.25, -0.2) is 0 Å². The average Bonchev–Trinajstić information content (AvgIpc) is 2.72. The second-order valence-electron chi connectivity index (χ2n) is 5.66. The maximum atomic E-state index is 5.46. The van der Waals surface area contributed by atoms with Gasteiger partial charge in [0.25, 0.3) is 0 Å². The number of hydrogen-bond acceptors (Lipinski definition) is 7. The molecule has 7 nitrogen and oxygen atoms in total. The third-order valence-corrected chi connectivity index (χ3v) is 4.16. The van der Waals surface area contributed by atoms with Gasteiger partial charge in [-0.15, -0.1) is 0 Å². The van der Waals surface area contributed by atoms with Gasteiger partial charge in [-0.2, -0.15) is 0 Å². The van der Waals surface area contributed by atoms with Crippen molar-refractivity contribution < 1.29 is 28.4 Å². The highest BCUT2D eigenvalue weighted by Crippen LogP contribution is 2.38. The second-order valence-corrected chi connectivity index (χ2v) is 5.66. The summed E-state index contributed by atoms with van der Waals surface area (Å²) in [5.74, 6) is 3.83. The van der Waals surface area contributed by atoms with Crippen molar-refractivity contribution in [3.05, 3.63) is 35.4 Å². The van der Waals surface area contributed by atoms with E-state index < -0.39 is 0 Å². The summed E-state index contributed by atoms with van der Waals surface area (Å²) in [6.45, 7) is 1.19. The van der Waals surface area contributed by atoms with Gasteiger partial charge in [-0.1, -0.05) is 0 Å². The van der Waals surface area contributed by atoms with E-state index in [-0.39, 0.29) is 0 Å². The minimum Gasteiger partial charge on any atom is -0.496 e. The van der Waals surface area contributed by atoms with Crippen molar-refractivity contribution in [1.29, 1.82) is 0 Å². The van der Waals surface area contributed by atoms with Gasteiger partial charge in [0.15, 0.2) is 23.0 Å². The Morgan fingerprint density at radius 3 is 1.56 bits per heavy atom. The fourth-order valence-corrected chi connectivity index (χ4v) is 2.81. The summed E-state index contributed by atoms with van der Waals surface area (Å²) in [7, 11) is 9.62. The van der Waals surface area contributed by atoms with Gasteiger partial charge in [-0.05, 0) is 23.8 Å². The van der Waals surface area contributed by atoms with E-state index in [1.807, 2.05) is 24.3 Å². The van der Waals surface area contributed by atoms with Gasteiger partial charge in [-0.3, -0.25) is 0 Å². The van der Waals surface area contributed by atoms with Crippen LogP contribution in [-0.2, 0) is 13.1 Å². The predicted molar refractivity (Wildman–Crippen MR) is 103 cm³/mol. The standard InChI is InChI=1S/C20H27NO6/c1-22-15-10-17(24-3)16(23-2)9-14(15)12-21-11-13-7-18(25-4)20(27-6)19(8-13)26-5/h7-10,21H,11-12H2,1-6H3. The molecule has 0 amide bonds. The molecule has 2 rings (SSSR count). The molecule has 0 atom stereocenters. The van der Waals surface area contributed by atoms with Crippen LogP contribution >= 0.6 is 0 Å². The lowest BCUT2D eigenvalue weighted by Crippen LogP contribution is -2.14.